The maximum atomic E-state index is 14.0. The van der Waals surface area contributed by atoms with Gasteiger partial charge in [0.2, 0.25) is 5.69 Å². The molecule has 148 valence electrons. The van der Waals surface area contributed by atoms with E-state index in [1.165, 1.54) is 24.3 Å². The highest BCUT2D eigenvalue weighted by Gasteiger charge is 2.31. The van der Waals surface area contributed by atoms with E-state index in [-0.39, 0.29) is 5.82 Å². The van der Waals surface area contributed by atoms with Crippen molar-refractivity contribution in [2.75, 3.05) is 0 Å². The van der Waals surface area contributed by atoms with Crippen molar-refractivity contribution in [3.05, 3.63) is 101 Å². The van der Waals surface area contributed by atoms with Crippen LogP contribution in [0.15, 0.2) is 72.9 Å². The number of nitrogens with one attached hydrogen (secondary N) is 2. The molecule has 0 bridgehead atoms. The molecule has 0 unspecified atom stereocenters. The van der Waals surface area contributed by atoms with E-state index in [1.54, 1.807) is 12.3 Å². The van der Waals surface area contributed by atoms with E-state index in [4.69, 9.17) is 0 Å². The van der Waals surface area contributed by atoms with Gasteiger partial charge in [-0.1, -0.05) is 30.3 Å². The first-order valence-electron chi connectivity index (χ1n) is 9.30. The van der Waals surface area contributed by atoms with Crippen LogP contribution >= 0.6 is 0 Å². The number of aromatic amines is 1. The van der Waals surface area contributed by atoms with E-state index in [1.807, 2.05) is 30.5 Å². The molecule has 0 radical (unpaired) electrons. The van der Waals surface area contributed by atoms with Crippen LogP contribution in [0.2, 0.25) is 0 Å². The van der Waals surface area contributed by atoms with E-state index >= 15 is 0 Å². The van der Waals surface area contributed by atoms with Gasteiger partial charge < -0.3 is 4.98 Å². The highest BCUT2D eigenvalue weighted by atomic mass is 19.4. The Morgan fingerprint density at radius 3 is 2.43 bits per heavy atom. The van der Waals surface area contributed by atoms with Gasteiger partial charge in [-0.2, -0.15) is 13.2 Å². The zero-order chi connectivity index (χ0) is 20.9. The minimum atomic E-state index is -4.41. The monoisotopic (exact) mass is 407 g/mol. The predicted octanol–water partition coefficient (Wildman–Crippen LogP) is 5.08. The molecule has 1 aliphatic heterocycles. The maximum Gasteiger partial charge on any atom is 0.416 e. The van der Waals surface area contributed by atoms with Gasteiger partial charge in [-0.15, -0.1) is 0 Å². The molecule has 0 saturated carbocycles. The molecule has 0 saturated heterocycles. The Hall–Kier alpha value is -3.67. The van der Waals surface area contributed by atoms with E-state index in [0.29, 0.717) is 16.7 Å². The smallest absolute Gasteiger partial charge is 0.361 e. The van der Waals surface area contributed by atoms with Crippen molar-refractivity contribution in [3.8, 4) is 0 Å². The lowest BCUT2D eigenvalue weighted by atomic mass is 9.89. The number of allylic oxidation sites excluding steroid dienone is 1. The third-order valence-electron chi connectivity index (χ3n) is 5.27. The third kappa shape index (κ3) is 3.01. The molecule has 2 heterocycles. The minimum absolute atomic E-state index is 0.381. The lowest BCUT2D eigenvalue weighted by Gasteiger charge is -2.12. The van der Waals surface area contributed by atoms with Gasteiger partial charge in [0.1, 0.15) is 5.82 Å². The van der Waals surface area contributed by atoms with Crippen LogP contribution in [-0.4, -0.2) is 11.2 Å². The van der Waals surface area contributed by atoms with Crippen LogP contribution in [0.3, 0.4) is 0 Å². The van der Waals surface area contributed by atoms with E-state index in [0.717, 1.165) is 39.9 Å². The summed E-state index contributed by atoms with van der Waals surface area (Å²) in [6.07, 6.45) is -0.821. The van der Waals surface area contributed by atoms with Crippen molar-refractivity contribution in [1.82, 2.24) is 4.98 Å². The Kier molecular flexibility index (Phi) is 4.10. The summed E-state index contributed by atoms with van der Waals surface area (Å²) in [7, 11) is 0. The van der Waals surface area contributed by atoms with Crippen molar-refractivity contribution < 1.29 is 22.6 Å². The molecule has 0 amide bonds. The van der Waals surface area contributed by atoms with Crippen molar-refractivity contribution in [2.45, 2.75) is 6.18 Å². The summed E-state index contributed by atoms with van der Waals surface area (Å²) in [4.78, 5) is 6.34. The van der Waals surface area contributed by atoms with Crippen molar-refractivity contribution in [2.24, 2.45) is 0 Å². The van der Waals surface area contributed by atoms with E-state index in [9.17, 15) is 17.6 Å². The fourth-order valence-corrected chi connectivity index (χ4v) is 3.86. The predicted molar refractivity (Wildman–Crippen MR) is 109 cm³/mol. The van der Waals surface area contributed by atoms with Crippen LogP contribution < -0.4 is 4.99 Å². The summed E-state index contributed by atoms with van der Waals surface area (Å²) >= 11 is 0. The molecule has 0 aliphatic carbocycles. The van der Waals surface area contributed by atoms with Crippen LogP contribution in [0.1, 0.15) is 22.3 Å². The van der Waals surface area contributed by atoms with Crippen molar-refractivity contribution in [3.63, 3.8) is 0 Å². The fraction of sp³-hybridized carbons (Fsp3) is 0.0417. The zero-order valence-corrected chi connectivity index (χ0v) is 15.5. The minimum Gasteiger partial charge on any atom is -0.361 e. The molecule has 4 aromatic rings. The average molecular weight is 407 g/mol. The van der Waals surface area contributed by atoms with Gasteiger partial charge in [0.05, 0.1) is 16.7 Å². The second-order valence-electron chi connectivity index (χ2n) is 7.09. The Bertz CT molecular complexity index is 1330. The second-order valence-corrected chi connectivity index (χ2v) is 7.09. The van der Waals surface area contributed by atoms with Crippen molar-refractivity contribution >= 4 is 34.0 Å². The van der Waals surface area contributed by atoms with Crippen molar-refractivity contribution in [1.29, 1.82) is 0 Å². The molecule has 3 aromatic carbocycles. The summed E-state index contributed by atoms with van der Waals surface area (Å²) in [5, 5.41) is 0.929. The number of halogens is 4. The lowest BCUT2D eigenvalue weighted by Crippen LogP contribution is -2.58. The van der Waals surface area contributed by atoms with Crippen LogP contribution in [0, 0.1) is 5.82 Å². The van der Waals surface area contributed by atoms with Crippen LogP contribution in [0.4, 0.5) is 23.2 Å². The largest absolute Gasteiger partial charge is 0.416 e. The normalized spacial score (nSPS) is 14.9. The summed E-state index contributed by atoms with van der Waals surface area (Å²) in [6.45, 7) is 0. The number of aromatic nitrogens is 1. The highest BCUT2D eigenvalue weighted by Crippen LogP contribution is 2.39. The Labute approximate surface area is 169 Å². The van der Waals surface area contributed by atoms with Gasteiger partial charge in [-0.05, 0) is 35.9 Å². The summed E-state index contributed by atoms with van der Waals surface area (Å²) in [5.41, 5.74) is 4.48. The van der Waals surface area contributed by atoms with E-state index in [2.05, 4.69) is 9.98 Å². The first-order valence-corrected chi connectivity index (χ1v) is 9.30. The number of para-hydroxylation sites is 1. The molecule has 30 heavy (non-hydrogen) atoms. The van der Waals surface area contributed by atoms with Crippen LogP contribution in [0.5, 0.6) is 0 Å². The van der Waals surface area contributed by atoms with Gasteiger partial charge in [-0.3, -0.25) is 0 Å². The van der Waals surface area contributed by atoms with Gasteiger partial charge in [0, 0.05) is 34.3 Å². The molecular weight excluding hydrogens is 392 g/mol. The molecule has 6 heteroatoms. The van der Waals surface area contributed by atoms with Crippen LogP contribution in [0.25, 0.3) is 22.0 Å². The van der Waals surface area contributed by atoms with Gasteiger partial charge in [0.25, 0.3) is 0 Å². The molecule has 1 aromatic heterocycles. The number of hydrogen-bond donors (Lipinski definition) is 2. The molecule has 2 nitrogen and oxygen atoms in total. The molecule has 0 spiro atoms. The van der Waals surface area contributed by atoms with Gasteiger partial charge in [0.15, 0.2) is 6.21 Å². The molecular formula is C24H15F4N2+. The second kappa shape index (κ2) is 6.69. The number of hydrogen-bond acceptors (Lipinski definition) is 0. The Morgan fingerprint density at radius 2 is 1.67 bits per heavy atom. The first-order chi connectivity index (χ1) is 14.4. The fourth-order valence-electron chi connectivity index (χ4n) is 3.86. The van der Waals surface area contributed by atoms with E-state index < -0.39 is 11.7 Å². The van der Waals surface area contributed by atoms with Crippen LogP contribution in [-0.2, 0) is 6.18 Å². The average Bonchev–Trinajstić information content (AvgIpc) is 3.33. The lowest BCUT2D eigenvalue weighted by molar-refractivity contribution is -0.342. The van der Waals surface area contributed by atoms with Gasteiger partial charge in [-0.25, -0.2) is 9.38 Å². The summed E-state index contributed by atoms with van der Waals surface area (Å²) in [6, 6.07) is 17.2. The Morgan fingerprint density at radius 1 is 0.900 bits per heavy atom. The quantitative estimate of drug-likeness (QED) is 0.434. The number of fused-ring (bicyclic) bond motifs is 2. The number of benzene rings is 3. The first kappa shape index (κ1) is 18.4. The standard InChI is InChI=1S/C24H14F4N2/c25-16-9-10-22-18(11-16)20(13-30-22)23(14-5-7-15(8-6-14)24(26,27)28)19-12-29-21-4-2-1-3-17(19)21/h1-13,29H/p+1/b23-20+. The summed E-state index contributed by atoms with van der Waals surface area (Å²) in [5.74, 6) is -0.381. The molecule has 0 fully saturated rings. The topological polar surface area (TPSA) is 29.8 Å². The summed E-state index contributed by atoms with van der Waals surface area (Å²) < 4.78 is 53.2. The zero-order valence-electron chi connectivity index (χ0n) is 15.5. The number of alkyl halides is 3. The number of H-pyrrole nitrogens is 1. The third-order valence-corrected chi connectivity index (χ3v) is 5.27. The molecule has 0 atom stereocenters. The molecule has 1 aliphatic rings. The van der Waals surface area contributed by atoms with Gasteiger partial charge >= 0.3 is 6.18 Å². The highest BCUT2D eigenvalue weighted by molar-refractivity contribution is 6.24. The number of rotatable bonds is 2. The molecule has 5 rings (SSSR count). The Balaban J connectivity index is 1.79. The maximum absolute atomic E-state index is 14.0. The molecule has 2 N–H and O–H groups in total. The SMILES string of the molecule is Fc1ccc2c(c1)/C(=C(\c1ccc(C(F)(F)F)cc1)c1c[nH]c3ccccc13)C=[NH+]2.